The number of carbonyl (C=O) groups is 1. The van der Waals surface area contributed by atoms with E-state index in [4.69, 9.17) is 32.7 Å². The molecule has 0 saturated carbocycles. The Bertz CT molecular complexity index is 918. The van der Waals surface area contributed by atoms with Crippen molar-refractivity contribution < 1.29 is 14.3 Å². The largest absolute Gasteiger partial charge is 0.493 e. The molecule has 0 bridgehead atoms. The molecule has 0 radical (unpaired) electrons. The highest BCUT2D eigenvalue weighted by Gasteiger charge is 2.14. The van der Waals surface area contributed by atoms with Crippen LogP contribution < -0.4 is 14.8 Å². The monoisotopic (exact) mass is 390 g/mol. The van der Waals surface area contributed by atoms with Gasteiger partial charge in [-0.1, -0.05) is 29.3 Å². The summed E-state index contributed by atoms with van der Waals surface area (Å²) in [7, 11) is 2.95. The number of ether oxygens (including phenoxy) is 2. The average Bonchev–Trinajstić information content (AvgIpc) is 2.62. The van der Waals surface area contributed by atoms with Crippen LogP contribution in [0.4, 0.5) is 5.69 Å². The predicted octanol–water partition coefficient (Wildman–Crippen LogP) is 4.86. The molecule has 0 unspecified atom stereocenters. The molecule has 0 heterocycles. The van der Waals surface area contributed by atoms with E-state index in [1.807, 2.05) is 6.07 Å². The minimum atomic E-state index is -0.552. The lowest BCUT2D eigenvalue weighted by Gasteiger charge is -2.11. The highest BCUT2D eigenvalue weighted by Crippen LogP contribution is 2.36. The van der Waals surface area contributed by atoms with Crippen LogP contribution in [0.3, 0.4) is 0 Å². The fourth-order valence-corrected chi connectivity index (χ4v) is 2.74. The second-order valence-corrected chi connectivity index (χ2v) is 6.09. The summed E-state index contributed by atoms with van der Waals surface area (Å²) in [6, 6.07) is 10.2. The van der Waals surface area contributed by atoms with E-state index in [1.54, 1.807) is 37.3 Å². The Balaban J connectivity index is 2.36. The molecule has 0 aromatic heterocycles. The third kappa shape index (κ3) is 4.29. The van der Waals surface area contributed by atoms with Gasteiger partial charge in [0.15, 0.2) is 11.5 Å². The number of halogens is 2. The van der Waals surface area contributed by atoms with Crippen molar-refractivity contribution in [2.75, 3.05) is 19.5 Å². The fourth-order valence-electron chi connectivity index (χ4n) is 2.27. The van der Waals surface area contributed by atoms with Gasteiger partial charge in [-0.25, -0.2) is 0 Å². The highest BCUT2D eigenvalue weighted by atomic mass is 35.5. The van der Waals surface area contributed by atoms with Gasteiger partial charge in [0.2, 0.25) is 0 Å². The first-order chi connectivity index (χ1) is 12.4. The lowest BCUT2D eigenvalue weighted by molar-refractivity contribution is -0.112. The zero-order chi connectivity index (χ0) is 19.3. The molecule has 0 atom stereocenters. The summed E-state index contributed by atoms with van der Waals surface area (Å²) in [5.41, 5.74) is 1.69. The molecule has 0 fully saturated rings. The summed E-state index contributed by atoms with van der Waals surface area (Å²) >= 11 is 12.2. The molecule has 7 heteroatoms. The second kappa shape index (κ2) is 8.61. The van der Waals surface area contributed by atoms with Crippen LogP contribution >= 0.6 is 23.2 Å². The minimum Gasteiger partial charge on any atom is -0.493 e. The number of nitriles is 1. The Hall–Kier alpha value is -2.68. The number of amides is 1. The maximum absolute atomic E-state index is 12.4. The van der Waals surface area contributed by atoms with E-state index >= 15 is 0 Å². The summed E-state index contributed by atoms with van der Waals surface area (Å²) in [6.07, 6.45) is 1.42. The van der Waals surface area contributed by atoms with E-state index in [-0.39, 0.29) is 5.57 Å². The first-order valence-electron chi connectivity index (χ1n) is 7.51. The molecule has 1 N–H and O–H groups in total. The van der Waals surface area contributed by atoms with Crippen LogP contribution in [0.15, 0.2) is 35.9 Å². The third-order valence-corrected chi connectivity index (χ3v) is 4.34. The molecule has 2 aromatic carbocycles. The van der Waals surface area contributed by atoms with Crippen LogP contribution in [-0.2, 0) is 4.79 Å². The van der Waals surface area contributed by atoms with Crippen molar-refractivity contribution in [3.8, 4) is 17.6 Å². The molecule has 1 amide bonds. The molecule has 134 valence electrons. The molecule has 0 aliphatic heterocycles. The molecule has 26 heavy (non-hydrogen) atoms. The maximum atomic E-state index is 12.4. The molecular weight excluding hydrogens is 375 g/mol. The summed E-state index contributed by atoms with van der Waals surface area (Å²) in [5.74, 6) is 0.224. The molecule has 5 nitrogen and oxygen atoms in total. The third-order valence-electron chi connectivity index (χ3n) is 3.65. The summed E-state index contributed by atoms with van der Waals surface area (Å²) in [6.45, 7) is 1.78. The van der Waals surface area contributed by atoms with E-state index in [0.717, 1.165) is 0 Å². The summed E-state index contributed by atoms with van der Waals surface area (Å²) in [5, 5.41) is 12.9. The van der Waals surface area contributed by atoms with Gasteiger partial charge in [0.25, 0.3) is 5.91 Å². The van der Waals surface area contributed by atoms with Crippen molar-refractivity contribution >= 4 is 40.9 Å². The maximum Gasteiger partial charge on any atom is 0.266 e. The smallest absolute Gasteiger partial charge is 0.266 e. The van der Waals surface area contributed by atoms with Crippen LogP contribution in [0.5, 0.6) is 11.5 Å². The van der Waals surface area contributed by atoms with Gasteiger partial charge < -0.3 is 14.8 Å². The van der Waals surface area contributed by atoms with E-state index < -0.39 is 5.91 Å². The zero-order valence-electron chi connectivity index (χ0n) is 14.4. The van der Waals surface area contributed by atoms with Crippen LogP contribution in [0.1, 0.15) is 11.1 Å². The lowest BCUT2D eigenvalue weighted by atomic mass is 10.1. The summed E-state index contributed by atoms with van der Waals surface area (Å²) < 4.78 is 10.4. The zero-order valence-corrected chi connectivity index (χ0v) is 15.9. The van der Waals surface area contributed by atoms with Crippen molar-refractivity contribution in [3.63, 3.8) is 0 Å². The minimum absolute atomic E-state index is 0.0901. The molecule has 0 saturated heterocycles. The number of benzene rings is 2. The van der Waals surface area contributed by atoms with Gasteiger partial charge in [-0.15, -0.1) is 0 Å². The van der Waals surface area contributed by atoms with Gasteiger partial charge >= 0.3 is 0 Å². The lowest BCUT2D eigenvalue weighted by Crippen LogP contribution is -2.14. The van der Waals surface area contributed by atoms with E-state index in [2.05, 4.69) is 5.32 Å². The van der Waals surface area contributed by atoms with E-state index in [1.165, 1.54) is 20.3 Å². The van der Waals surface area contributed by atoms with Gasteiger partial charge in [-0.05, 0) is 48.4 Å². The fraction of sp³-hybridized carbons (Fsp3) is 0.158. The number of rotatable bonds is 5. The first kappa shape index (κ1) is 19.6. The van der Waals surface area contributed by atoms with Crippen molar-refractivity contribution in [1.82, 2.24) is 0 Å². The summed E-state index contributed by atoms with van der Waals surface area (Å²) in [4.78, 5) is 12.4. The van der Waals surface area contributed by atoms with Crippen molar-refractivity contribution in [2.45, 2.75) is 6.92 Å². The number of nitrogens with zero attached hydrogens (tertiary/aromatic N) is 1. The Morgan fingerprint density at radius 2 is 1.92 bits per heavy atom. The second-order valence-electron chi connectivity index (χ2n) is 5.27. The van der Waals surface area contributed by atoms with Gasteiger partial charge in [-0.2, -0.15) is 5.26 Å². The number of anilines is 1. The number of hydrogen-bond acceptors (Lipinski definition) is 4. The van der Waals surface area contributed by atoms with Crippen LogP contribution in [-0.4, -0.2) is 20.1 Å². The predicted molar refractivity (Wildman–Crippen MR) is 103 cm³/mol. The molecule has 0 spiro atoms. The van der Waals surface area contributed by atoms with Gasteiger partial charge in [-0.3, -0.25) is 4.79 Å². The standard InChI is InChI=1S/C19H16Cl2N2O3/c1-11-14(20)5-4-6-16(11)23-19(24)13(10-22)7-12-8-15(21)18(26-3)17(9-12)25-2/h4-9H,1-3H3,(H,23,24)/b13-7+. The molecule has 2 rings (SSSR count). The quantitative estimate of drug-likeness (QED) is 0.584. The topological polar surface area (TPSA) is 71.3 Å². The molecule has 0 aliphatic carbocycles. The number of nitrogens with one attached hydrogen (secondary N) is 1. The Morgan fingerprint density at radius 1 is 1.19 bits per heavy atom. The number of carbonyl (C=O) groups excluding carboxylic acids is 1. The van der Waals surface area contributed by atoms with Crippen LogP contribution in [0.25, 0.3) is 6.08 Å². The van der Waals surface area contributed by atoms with Gasteiger partial charge in [0.1, 0.15) is 11.6 Å². The Kier molecular flexibility index (Phi) is 6.51. The average molecular weight is 391 g/mol. The molecular formula is C19H16Cl2N2O3. The number of hydrogen-bond donors (Lipinski definition) is 1. The van der Waals surface area contributed by atoms with Crippen molar-refractivity contribution in [1.29, 1.82) is 5.26 Å². The SMILES string of the molecule is COc1cc(/C=C(\C#N)C(=O)Nc2cccc(Cl)c2C)cc(Cl)c1OC. The Morgan fingerprint density at radius 3 is 2.54 bits per heavy atom. The Labute approximate surface area is 161 Å². The van der Waals surface area contributed by atoms with E-state index in [0.29, 0.717) is 38.4 Å². The number of methoxy groups -OCH3 is 2. The van der Waals surface area contributed by atoms with Gasteiger partial charge in [0.05, 0.1) is 19.2 Å². The normalized spacial score (nSPS) is 10.8. The van der Waals surface area contributed by atoms with Crippen LogP contribution in [0.2, 0.25) is 10.0 Å². The van der Waals surface area contributed by atoms with Crippen molar-refractivity contribution in [3.05, 3.63) is 57.1 Å². The van der Waals surface area contributed by atoms with Gasteiger partial charge in [0, 0.05) is 10.7 Å². The first-order valence-corrected chi connectivity index (χ1v) is 8.26. The van der Waals surface area contributed by atoms with Crippen molar-refractivity contribution in [2.24, 2.45) is 0 Å². The van der Waals surface area contributed by atoms with Crippen LogP contribution in [0, 0.1) is 18.3 Å². The van der Waals surface area contributed by atoms with E-state index in [9.17, 15) is 10.1 Å². The molecule has 2 aromatic rings. The molecule has 0 aliphatic rings. The highest BCUT2D eigenvalue weighted by molar-refractivity contribution is 6.32.